The van der Waals surface area contributed by atoms with Gasteiger partial charge in [0.2, 0.25) is 11.8 Å². The minimum absolute atomic E-state index is 0.00791. The molecule has 4 aromatic heterocycles. The van der Waals surface area contributed by atoms with Crippen molar-refractivity contribution in [1.29, 1.82) is 0 Å². The minimum Gasteiger partial charge on any atom is -0.477 e. The first kappa shape index (κ1) is 27.5. The Bertz CT molecular complexity index is 1440. The molecule has 4 heterocycles. The number of rotatable bonds is 8. The Morgan fingerprint density at radius 3 is 1.53 bits per heavy atom. The van der Waals surface area contributed by atoms with Crippen molar-refractivity contribution < 1.29 is 29.3 Å². The second kappa shape index (κ2) is 12.8. The molecule has 4 aromatic rings. The Morgan fingerprint density at radius 1 is 0.816 bits per heavy atom. The second-order valence-corrected chi connectivity index (χ2v) is 7.59. The Labute approximate surface area is 225 Å². The summed E-state index contributed by atoms with van der Waals surface area (Å²) in [5, 5.41) is 26.7. The zero-order chi connectivity index (χ0) is 27.7. The zero-order valence-electron chi connectivity index (χ0n) is 19.2. The molecule has 0 aliphatic carbocycles. The third kappa shape index (κ3) is 6.59. The summed E-state index contributed by atoms with van der Waals surface area (Å²) in [7, 11) is 0. The number of pyridine rings is 2. The summed E-state index contributed by atoms with van der Waals surface area (Å²) in [5.41, 5.74) is -0.236. The SMILES string of the molecule is C#CCOc1cc(C(=O)O)n(-c2ncccc2Cl)n1.C#CCOc1cc(C(=O)O)n(-c2ncccc2Cl)n1. The van der Waals surface area contributed by atoms with Crippen LogP contribution in [0.2, 0.25) is 10.0 Å². The van der Waals surface area contributed by atoms with E-state index in [4.69, 9.17) is 55.7 Å². The van der Waals surface area contributed by atoms with Crippen molar-refractivity contribution in [2.75, 3.05) is 13.2 Å². The third-order valence-corrected chi connectivity index (χ3v) is 4.89. The number of halogens is 2. The molecule has 12 nitrogen and oxygen atoms in total. The van der Waals surface area contributed by atoms with E-state index in [2.05, 4.69) is 32.0 Å². The van der Waals surface area contributed by atoms with Gasteiger partial charge in [0.15, 0.2) is 36.2 Å². The van der Waals surface area contributed by atoms with Crippen LogP contribution >= 0.6 is 23.2 Å². The van der Waals surface area contributed by atoms with Gasteiger partial charge in [0.25, 0.3) is 0 Å². The maximum absolute atomic E-state index is 11.2. The maximum Gasteiger partial charge on any atom is 0.354 e. The van der Waals surface area contributed by atoms with Crippen molar-refractivity contribution in [3.63, 3.8) is 0 Å². The van der Waals surface area contributed by atoms with Crippen LogP contribution in [0, 0.1) is 24.7 Å². The predicted molar refractivity (Wildman–Crippen MR) is 135 cm³/mol. The molecule has 0 bridgehead atoms. The number of aromatic carboxylic acids is 2. The zero-order valence-corrected chi connectivity index (χ0v) is 20.7. The number of carboxylic acid groups (broad SMARTS) is 2. The fraction of sp³-hybridized carbons (Fsp3) is 0.0833. The summed E-state index contributed by atoms with van der Waals surface area (Å²) >= 11 is 11.9. The van der Waals surface area contributed by atoms with Crippen molar-refractivity contribution in [1.82, 2.24) is 29.5 Å². The monoisotopic (exact) mass is 554 g/mol. The smallest absolute Gasteiger partial charge is 0.354 e. The van der Waals surface area contributed by atoms with Gasteiger partial charge in [-0.1, -0.05) is 35.0 Å². The van der Waals surface area contributed by atoms with Gasteiger partial charge in [0.1, 0.15) is 0 Å². The van der Waals surface area contributed by atoms with Gasteiger partial charge in [-0.2, -0.15) is 0 Å². The first-order valence-corrected chi connectivity index (χ1v) is 11.0. The largest absolute Gasteiger partial charge is 0.477 e. The highest BCUT2D eigenvalue weighted by atomic mass is 35.5. The van der Waals surface area contributed by atoms with Crippen LogP contribution in [-0.4, -0.2) is 64.9 Å². The van der Waals surface area contributed by atoms with Crippen molar-refractivity contribution in [3.8, 4) is 48.1 Å². The van der Waals surface area contributed by atoms with Gasteiger partial charge in [-0.25, -0.2) is 28.9 Å². The molecule has 0 aliphatic rings. The predicted octanol–water partition coefficient (Wildman–Crippen LogP) is 3.26. The normalized spacial score (nSPS) is 9.89. The van der Waals surface area contributed by atoms with Crippen molar-refractivity contribution in [2.24, 2.45) is 0 Å². The second-order valence-electron chi connectivity index (χ2n) is 6.77. The van der Waals surface area contributed by atoms with Crippen LogP contribution in [0.5, 0.6) is 11.8 Å². The first-order chi connectivity index (χ1) is 18.3. The molecule has 0 spiro atoms. The lowest BCUT2D eigenvalue weighted by Gasteiger charge is -2.04. The average Bonchev–Trinajstić information content (AvgIpc) is 3.52. The molecule has 0 aromatic carbocycles. The molecule has 0 atom stereocenters. The van der Waals surface area contributed by atoms with Gasteiger partial charge in [-0.15, -0.1) is 23.0 Å². The number of terminal acetylenes is 2. The lowest BCUT2D eigenvalue weighted by Crippen LogP contribution is -2.09. The van der Waals surface area contributed by atoms with Gasteiger partial charge < -0.3 is 19.7 Å². The molecule has 0 unspecified atom stereocenters. The summed E-state index contributed by atoms with van der Waals surface area (Å²) in [6.07, 6.45) is 13.1. The highest BCUT2D eigenvalue weighted by molar-refractivity contribution is 6.32. The van der Waals surface area contributed by atoms with E-state index in [9.17, 15) is 9.59 Å². The molecule has 0 saturated carbocycles. The summed E-state index contributed by atoms with van der Waals surface area (Å²) in [5.74, 6) is 2.78. The van der Waals surface area contributed by atoms with Gasteiger partial charge in [0, 0.05) is 24.5 Å². The molecular formula is C24H16Cl2N6O6. The van der Waals surface area contributed by atoms with Crippen LogP contribution in [0.1, 0.15) is 21.0 Å². The molecule has 0 fully saturated rings. The van der Waals surface area contributed by atoms with Gasteiger partial charge in [0.05, 0.1) is 10.0 Å². The quantitative estimate of drug-likeness (QED) is 0.310. The van der Waals surface area contributed by atoms with Crippen molar-refractivity contribution in [3.05, 3.63) is 70.2 Å². The summed E-state index contributed by atoms with van der Waals surface area (Å²) in [4.78, 5) is 30.3. The number of aromatic nitrogens is 6. The Morgan fingerprint density at radius 2 is 1.21 bits per heavy atom. The molecule has 38 heavy (non-hydrogen) atoms. The van der Waals surface area contributed by atoms with E-state index in [0.717, 1.165) is 9.36 Å². The van der Waals surface area contributed by atoms with Crippen LogP contribution in [0.3, 0.4) is 0 Å². The number of hydrogen-bond donors (Lipinski definition) is 2. The van der Waals surface area contributed by atoms with E-state index in [1.54, 1.807) is 24.3 Å². The van der Waals surface area contributed by atoms with E-state index >= 15 is 0 Å². The molecule has 14 heteroatoms. The number of carbonyl (C=O) groups is 2. The van der Waals surface area contributed by atoms with E-state index < -0.39 is 11.9 Å². The van der Waals surface area contributed by atoms with Crippen LogP contribution < -0.4 is 9.47 Å². The number of ether oxygens (including phenoxy) is 2. The van der Waals surface area contributed by atoms with Crippen molar-refractivity contribution in [2.45, 2.75) is 0 Å². The number of hydrogen-bond acceptors (Lipinski definition) is 8. The van der Waals surface area contributed by atoms with Crippen LogP contribution in [-0.2, 0) is 0 Å². The standard InChI is InChI=1S/2C12H8ClN3O3/c2*1-2-6-19-10-7-9(12(17)18)16(15-10)11-8(13)4-3-5-14-11/h2*1,3-5,7H,6H2,(H,17,18). The minimum atomic E-state index is -1.18. The number of nitrogens with zero attached hydrogens (tertiary/aromatic N) is 6. The van der Waals surface area contributed by atoms with Crippen molar-refractivity contribution >= 4 is 35.1 Å². The first-order valence-electron chi connectivity index (χ1n) is 10.3. The Hall–Kier alpha value is -5.04. The third-order valence-electron chi connectivity index (χ3n) is 4.30. The maximum atomic E-state index is 11.2. The molecule has 2 N–H and O–H groups in total. The average molecular weight is 555 g/mol. The Kier molecular flexibility index (Phi) is 9.26. The lowest BCUT2D eigenvalue weighted by atomic mass is 10.4. The van der Waals surface area contributed by atoms with Gasteiger partial charge >= 0.3 is 11.9 Å². The summed E-state index contributed by atoms with van der Waals surface area (Å²) in [6.45, 7) is -0.0158. The summed E-state index contributed by atoms with van der Waals surface area (Å²) in [6, 6.07) is 8.94. The fourth-order valence-corrected chi connectivity index (χ4v) is 3.19. The van der Waals surface area contributed by atoms with Crippen LogP contribution in [0.4, 0.5) is 0 Å². The highest BCUT2D eigenvalue weighted by Crippen LogP contribution is 2.23. The molecule has 0 aliphatic heterocycles. The van der Waals surface area contributed by atoms with Gasteiger partial charge in [-0.05, 0) is 24.3 Å². The molecule has 192 valence electrons. The van der Waals surface area contributed by atoms with E-state index in [1.165, 1.54) is 24.5 Å². The molecule has 0 amide bonds. The Balaban J connectivity index is 0.000000211. The summed E-state index contributed by atoms with van der Waals surface area (Å²) < 4.78 is 12.4. The molecule has 0 radical (unpaired) electrons. The van der Waals surface area contributed by atoms with Gasteiger partial charge in [-0.3, -0.25) is 0 Å². The van der Waals surface area contributed by atoms with E-state index in [-0.39, 0.29) is 58.0 Å². The van der Waals surface area contributed by atoms with E-state index in [1.807, 2.05) is 0 Å². The lowest BCUT2D eigenvalue weighted by molar-refractivity contribution is 0.0676. The fourth-order valence-electron chi connectivity index (χ4n) is 2.79. The van der Waals surface area contributed by atoms with Crippen LogP contribution in [0.25, 0.3) is 11.6 Å². The topological polar surface area (TPSA) is 154 Å². The molecular weight excluding hydrogens is 539 g/mol. The highest BCUT2D eigenvalue weighted by Gasteiger charge is 2.20. The number of carboxylic acids is 2. The molecule has 0 saturated heterocycles. The van der Waals surface area contributed by atoms with Crippen LogP contribution in [0.15, 0.2) is 48.8 Å². The van der Waals surface area contributed by atoms with E-state index in [0.29, 0.717) is 0 Å². The molecule has 4 rings (SSSR count).